The Hall–Kier alpha value is -14.8. The van der Waals surface area contributed by atoms with Crippen molar-refractivity contribution in [2.45, 2.75) is 183 Å². The number of rotatable bonds is 4. The third-order valence-corrected chi connectivity index (χ3v) is 28.1. The molecule has 0 nitrogen and oxygen atoms in total. The standard InChI is InChI=1S/2C24H22.2C20H20.3C18H18/c1-24(2,3)19-14-12-17(13-15-19)23-16-18-8-4-5-9-20(18)21-10-6-7-11-22(21)23;1-24(2,3)21-14-12-17(13-15-21)20-11-10-19-9-8-18-6-4-5-7-22(18)23(19)16-20;1-20(2,3)19-12-11-17-13-16(9-10-18(17)14-19)15-7-5-4-6-8-15;1-20(2,3)19-12-11-16-9-10-17(13-18(16)14-19)15-7-5-4-6-8-15;1-18(2,3)17-12-13-8-4-5-9-14(13)15-10-6-7-11-16(15)17;1-18(2,3)15-10-11-17-14(12-15)9-8-13-6-4-5-7-16(13)17;1-18(2,3)15-11-10-14-9-8-13-6-4-5-7-16(13)17(14)12-15/h2*4-16H,1-3H3;2*4-14H,1-3H3;3*4-12H,1-3H3. The van der Waals surface area contributed by atoms with Crippen LogP contribution in [0.3, 0.4) is 0 Å². The summed E-state index contributed by atoms with van der Waals surface area (Å²) < 4.78 is 0. The molecule has 23 aromatic rings. The van der Waals surface area contributed by atoms with Crippen molar-refractivity contribution in [1.29, 1.82) is 0 Å². The molecule has 0 amide bonds. The first kappa shape index (κ1) is 98.8. The Morgan fingerprint density at radius 3 is 0.796 bits per heavy atom. The van der Waals surface area contributed by atoms with Crippen molar-refractivity contribution in [1.82, 2.24) is 0 Å². The van der Waals surface area contributed by atoms with Crippen LogP contribution in [0, 0.1) is 0 Å². The molecule has 0 spiro atoms. The van der Waals surface area contributed by atoms with Crippen LogP contribution in [0.1, 0.15) is 184 Å². The number of hydrogen-bond donors (Lipinski definition) is 0. The van der Waals surface area contributed by atoms with E-state index < -0.39 is 0 Å². The lowest BCUT2D eigenvalue weighted by Crippen LogP contribution is -2.11. The quantitative estimate of drug-likeness (QED) is 0.154. The second kappa shape index (κ2) is 41.2. The summed E-state index contributed by atoms with van der Waals surface area (Å²) in [5, 5.41) is 31.9. The highest BCUT2D eigenvalue weighted by molar-refractivity contribution is 6.15. The van der Waals surface area contributed by atoms with Crippen molar-refractivity contribution < 1.29 is 0 Å². The van der Waals surface area contributed by atoms with Gasteiger partial charge < -0.3 is 0 Å². The maximum absolute atomic E-state index is 2.34. The molecular weight excluding hydrogens is 1710 g/mol. The van der Waals surface area contributed by atoms with Gasteiger partial charge >= 0.3 is 0 Å². The molecule has 0 saturated heterocycles. The highest BCUT2D eigenvalue weighted by Gasteiger charge is 2.23. The predicted octanol–water partition coefficient (Wildman–Crippen LogP) is 41.4. The Labute approximate surface area is 844 Å². The van der Waals surface area contributed by atoms with Gasteiger partial charge in [-0.2, -0.15) is 0 Å². The molecule has 0 aliphatic carbocycles. The van der Waals surface area contributed by atoms with E-state index in [1.54, 1.807) is 0 Å². The van der Waals surface area contributed by atoms with Gasteiger partial charge in [0, 0.05) is 0 Å². The Balaban J connectivity index is 0.000000114. The lowest BCUT2D eigenvalue weighted by Gasteiger charge is -2.22. The molecule has 0 N–H and O–H groups in total. The summed E-state index contributed by atoms with van der Waals surface area (Å²) in [5.74, 6) is 0. The normalized spacial score (nSPS) is 12.0. The van der Waals surface area contributed by atoms with Crippen molar-refractivity contribution in [2.24, 2.45) is 0 Å². The average molecular weight is 1840 g/mol. The van der Waals surface area contributed by atoms with Crippen LogP contribution in [0.2, 0.25) is 0 Å². The fourth-order valence-corrected chi connectivity index (χ4v) is 19.5. The van der Waals surface area contributed by atoms with Gasteiger partial charge in [0.25, 0.3) is 0 Å². The molecule has 0 aliphatic heterocycles. The average Bonchev–Trinajstić information content (AvgIpc) is 0.762. The number of benzene rings is 23. The molecule has 0 radical (unpaired) electrons. The smallest absolute Gasteiger partial charge is 0.00990 e. The lowest BCUT2D eigenvalue weighted by molar-refractivity contribution is 0.590. The summed E-state index contributed by atoms with van der Waals surface area (Å²) >= 11 is 0. The van der Waals surface area contributed by atoms with E-state index in [4.69, 9.17) is 0 Å². The molecule has 0 heteroatoms. The summed E-state index contributed by atoms with van der Waals surface area (Å²) in [7, 11) is 0. The third kappa shape index (κ3) is 22.9. The highest BCUT2D eigenvalue weighted by atomic mass is 14.3. The minimum Gasteiger partial charge on any atom is -0.0622 e. The molecule has 0 heterocycles. The summed E-state index contributed by atoms with van der Waals surface area (Å²) in [5.41, 5.74) is 21.3. The molecule has 0 aromatic heterocycles. The van der Waals surface area contributed by atoms with Crippen molar-refractivity contribution in [3.05, 3.63) is 494 Å². The minimum atomic E-state index is 0.170. The van der Waals surface area contributed by atoms with E-state index >= 15 is 0 Å². The van der Waals surface area contributed by atoms with E-state index in [9.17, 15) is 0 Å². The van der Waals surface area contributed by atoms with E-state index in [1.807, 2.05) is 0 Å². The molecule has 0 saturated carbocycles. The van der Waals surface area contributed by atoms with Crippen LogP contribution in [-0.4, -0.2) is 0 Å². The second-order valence-electron chi connectivity index (χ2n) is 45.7. The fraction of sp³-hybridized carbons (Fsp3) is 0.197. The number of hydrogen-bond acceptors (Lipinski definition) is 0. The van der Waals surface area contributed by atoms with Gasteiger partial charge in [0.2, 0.25) is 0 Å². The molecule has 0 atom stereocenters. The zero-order valence-electron chi connectivity index (χ0n) is 87.3. The van der Waals surface area contributed by atoms with Crippen LogP contribution >= 0.6 is 0 Å². The molecule has 142 heavy (non-hydrogen) atoms. The lowest BCUT2D eigenvalue weighted by atomic mass is 9.82. The molecule has 0 bridgehead atoms. The molecular formula is C142H138. The van der Waals surface area contributed by atoms with Gasteiger partial charge in [-0.15, -0.1) is 0 Å². The Kier molecular flexibility index (Phi) is 28.6. The Morgan fingerprint density at radius 1 is 0.106 bits per heavy atom. The van der Waals surface area contributed by atoms with Gasteiger partial charge in [-0.3, -0.25) is 0 Å². The topological polar surface area (TPSA) is 0 Å². The van der Waals surface area contributed by atoms with Gasteiger partial charge in [0.05, 0.1) is 0 Å². The first-order chi connectivity index (χ1) is 67.8. The highest BCUT2D eigenvalue weighted by Crippen LogP contribution is 2.42. The summed E-state index contributed by atoms with van der Waals surface area (Å²) in [6.45, 7) is 47.5. The summed E-state index contributed by atoms with van der Waals surface area (Å²) in [6.07, 6.45) is 0. The largest absolute Gasteiger partial charge is 0.0622 e. The fourth-order valence-electron chi connectivity index (χ4n) is 19.5. The predicted molar refractivity (Wildman–Crippen MR) is 628 cm³/mol. The molecule has 23 aromatic carbocycles. The van der Waals surface area contributed by atoms with E-state index in [0.717, 1.165) is 0 Å². The van der Waals surface area contributed by atoms with Crippen molar-refractivity contribution in [3.63, 3.8) is 0 Å². The van der Waals surface area contributed by atoms with E-state index in [0.29, 0.717) is 0 Å². The van der Waals surface area contributed by atoms with Gasteiger partial charge in [0.15, 0.2) is 0 Å². The van der Waals surface area contributed by atoms with Crippen LogP contribution in [0.4, 0.5) is 0 Å². The maximum Gasteiger partial charge on any atom is -0.00990 e. The van der Waals surface area contributed by atoms with E-state index in [-0.39, 0.29) is 37.9 Å². The molecule has 0 unspecified atom stereocenters. The monoisotopic (exact) mass is 1840 g/mol. The van der Waals surface area contributed by atoms with Crippen LogP contribution in [0.25, 0.3) is 174 Å². The zero-order chi connectivity index (χ0) is 100. The molecule has 0 fully saturated rings. The van der Waals surface area contributed by atoms with E-state index in [2.05, 4.69) is 600 Å². The zero-order valence-corrected chi connectivity index (χ0v) is 87.3. The summed E-state index contributed by atoms with van der Waals surface area (Å²) in [6, 6.07) is 165. The van der Waals surface area contributed by atoms with Gasteiger partial charge in [0.1, 0.15) is 0 Å². The molecule has 706 valence electrons. The van der Waals surface area contributed by atoms with Crippen molar-refractivity contribution >= 4 is 129 Å². The van der Waals surface area contributed by atoms with Gasteiger partial charge in [-0.05, 0) is 281 Å². The number of fused-ring (bicyclic) bond motifs is 17. The molecule has 23 rings (SSSR count). The Morgan fingerprint density at radius 2 is 0.345 bits per heavy atom. The van der Waals surface area contributed by atoms with Crippen LogP contribution in [0.15, 0.2) is 455 Å². The van der Waals surface area contributed by atoms with Crippen LogP contribution < -0.4 is 0 Å². The summed E-state index contributed by atoms with van der Waals surface area (Å²) in [4.78, 5) is 0. The third-order valence-electron chi connectivity index (χ3n) is 28.1. The SMILES string of the molecule is CC(C)(C)c1cc2ccccc2c2ccccc12.CC(C)(C)c1ccc(-c2cc3ccccc3c3ccccc23)cc1.CC(C)(C)c1ccc(-c2ccc3ccc4ccccc4c3c2)cc1.CC(C)(C)c1ccc2c(ccc3ccccc32)c1.CC(C)(C)c1ccc2cc(-c3ccccc3)ccc2c1.CC(C)(C)c1ccc2ccc(-c3ccccc3)cc2c1.CC(C)(C)c1ccc2ccc3ccccc3c2c1. The maximum atomic E-state index is 2.34. The first-order valence-corrected chi connectivity index (χ1v) is 50.8. The van der Waals surface area contributed by atoms with Crippen LogP contribution in [0.5, 0.6) is 0 Å². The second-order valence-corrected chi connectivity index (χ2v) is 45.7. The minimum absolute atomic E-state index is 0.170. The van der Waals surface area contributed by atoms with Gasteiger partial charge in [-0.1, -0.05) is 570 Å². The van der Waals surface area contributed by atoms with E-state index in [1.165, 1.54) is 213 Å². The molecule has 0 aliphatic rings. The van der Waals surface area contributed by atoms with Crippen LogP contribution in [-0.2, 0) is 37.9 Å². The van der Waals surface area contributed by atoms with Crippen molar-refractivity contribution in [2.75, 3.05) is 0 Å². The van der Waals surface area contributed by atoms with Crippen molar-refractivity contribution in [3.8, 4) is 44.5 Å². The van der Waals surface area contributed by atoms with Gasteiger partial charge in [-0.25, -0.2) is 0 Å². The first-order valence-electron chi connectivity index (χ1n) is 50.8. The Bertz CT molecular complexity index is 8400.